The predicted molar refractivity (Wildman–Crippen MR) is 65.0 cm³/mol. The van der Waals surface area contributed by atoms with E-state index in [9.17, 15) is 4.39 Å². The summed E-state index contributed by atoms with van der Waals surface area (Å²) in [6.07, 6.45) is 2.54. The summed E-state index contributed by atoms with van der Waals surface area (Å²) in [4.78, 5) is 0. The largest absolute Gasteiger partial charge is 0.322 e. The van der Waals surface area contributed by atoms with Gasteiger partial charge in [0.25, 0.3) is 0 Å². The highest BCUT2D eigenvalue weighted by atomic mass is 19.1. The minimum absolute atomic E-state index is 0.152. The molecule has 0 aliphatic carbocycles. The van der Waals surface area contributed by atoms with Gasteiger partial charge in [-0.25, -0.2) is 4.39 Å². The fraction of sp³-hybridized carbons (Fsp3) is 0.308. The molecular formula is C13H16FN3. The van der Waals surface area contributed by atoms with Crippen molar-refractivity contribution >= 4 is 0 Å². The van der Waals surface area contributed by atoms with E-state index < -0.39 is 0 Å². The average molecular weight is 233 g/mol. The Morgan fingerprint density at radius 3 is 2.76 bits per heavy atom. The van der Waals surface area contributed by atoms with E-state index >= 15 is 0 Å². The molecule has 3 nitrogen and oxygen atoms in total. The summed E-state index contributed by atoms with van der Waals surface area (Å²) in [5.41, 5.74) is 8.92. The Morgan fingerprint density at radius 2 is 2.18 bits per heavy atom. The first kappa shape index (κ1) is 11.8. The first-order valence-electron chi connectivity index (χ1n) is 5.56. The van der Waals surface area contributed by atoms with E-state index in [1.165, 1.54) is 12.1 Å². The Kier molecular flexibility index (Phi) is 3.24. The Hall–Kier alpha value is -1.68. The molecule has 2 rings (SSSR count). The Balaban J connectivity index is 2.15. The monoisotopic (exact) mass is 233 g/mol. The first-order valence-corrected chi connectivity index (χ1v) is 5.56. The number of hydrogen-bond acceptors (Lipinski definition) is 2. The third-order valence-corrected chi connectivity index (χ3v) is 2.86. The number of benzene rings is 1. The van der Waals surface area contributed by atoms with Gasteiger partial charge in [-0.15, -0.1) is 0 Å². The van der Waals surface area contributed by atoms with Crippen molar-refractivity contribution < 1.29 is 4.39 Å². The van der Waals surface area contributed by atoms with Crippen LogP contribution in [0, 0.1) is 12.7 Å². The molecule has 0 amide bonds. The summed E-state index contributed by atoms with van der Waals surface area (Å²) >= 11 is 0. The van der Waals surface area contributed by atoms with Gasteiger partial charge in [0, 0.05) is 13.2 Å². The maximum Gasteiger partial charge on any atom is 0.123 e. The van der Waals surface area contributed by atoms with Gasteiger partial charge >= 0.3 is 0 Å². The van der Waals surface area contributed by atoms with Crippen molar-refractivity contribution in [1.29, 1.82) is 0 Å². The lowest BCUT2D eigenvalue weighted by Crippen LogP contribution is -2.15. The van der Waals surface area contributed by atoms with E-state index in [-0.39, 0.29) is 11.9 Å². The lowest BCUT2D eigenvalue weighted by Gasteiger charge is -2.11. The Labute approximate surface area is 100 Å². The topological polar surface area (TPSA) is 43.8 Å². The third-order valence-electron chi connectivity index (χ3n) is 2.86. The summed E-state index contributed by atoms with van der Waals surface area (Å²) in [6.45, 7) is 1.89. The van der Waals surface area contributed by atoms with Crippen molar-refractivity contribution in [3.8, 4) is 0 Å². The number of halogens is 1. The number of nitrogens with two attached hydrogens (primary N) is 1. The molecular weight excluding hydrogens is 217 g/mol. The quantitative estimate of drug-likeness (QED) is 0.882. The summed E-state index contributed by atoms with van der Waals surface area (Å²) in [6, 6.07) is 6.53. The van der Waals surface area contributed by atoms with Crippen molar-refractivity contribution in [3.63, 3.8) is 0 Å². The number of aryl methyl sites for hydroxylation is 2. The van der Waals surface area contributed by atoms with Gasteiger partial charge in [0.1, 0.15) is 5.82 Å². The lowest BCUT2D eigenvalue weighted by atomic mass is 10.00. The molecule has 0 aliphatic heterocycles. The molecule has 0 saturated carbocycles. The minimum atomic E-state index is -0.211. The fourth-order valence-corrected chi connectivity index (χ4v) is 1.86. The average Bonchev–Trinajstić information content (AvgIpc) is 2.69. The highest BCUT2D eigenvalue weighted by Gasteiger charge is 2.11. The molecule has 1 aromatic carbocycles. The smallest absolute Gasteiger partial charge is 0.123 e. The minimum Gasteiger partial charge on any atom is -0.322 e. The van der Waals surface area contributed by atoms with Gasteiger partial charge in [0.2, 0.25) is 0 Å². The van der Waals surface area contributed by atoms with Crippen LogP contribution in [0.5, 0.6) is 0 Å². The van der Waals surface area contributed by atoms with E-state index in [0.717, 1.165) is 16.8 Å². The maximum atomic E-state index is 13.0. The fourth-order valence-electron chi connectivity index (χ4n) is 1.86. The summed E-state index contributed by atoms with van der Waals surface area (Å²) in [5, 5.41) is 4.27. The van der Waals surface area contributed by atoms with E-state index in [4.69, 9.17) is 5.73 Å². The molecule has 0 spiro atoms. The molecule has 4 heteroatoms. The Morgan fingerprint density at radius 1 is 1.41 bits per heavy atom. The molecule has 1 unspecified atom stereocenters. The summed E-state index contributed by atoms with van der Waals surface area (Å²) in [7, 11) is 1.86. The van der Waals surface area contributed by atoms with Crippen molar-refractivity contribution in [1.82, 2.24) is 9.78 Å². The molecule has 2 aromatic rings. The van der Waals surface area contributed by atoms with Gasteiger partial charge in [0.05, 0.1) is 11.7 Å². The summed E-state index contributed by atoms with van der Waals surface area (Å²) in [5.74, 6) is -0.211. The number of aromatic nitrogens is 2. The van der Waals surface area contributed by atoms with Gasteiger partial charge < -0.3 is 5.73 Å². The van der Waals surface area contributed by atoms with Crippen LogP contribution in [0.1, 0.15) is 22.9 Å². The molecule has 0 fully saturated rings. The van der Waals surface area contributed by atoms with E-state index in [1.807, 2.05) is 26.2 Å². The molecule has 1 atom stereocenters. The first-order chi connectivity index (χ1) is 8.06. The zero-order valence-electron chi connectivity index (χ0n) is 10.0. The second-order valence-corrected chi connectivity index (χ2v) is 4.30. The maximum absolute atomic E-state index is 13.0. The van der Waals surface area contributed by atoms with Crippen LogP contribution in [-0.4, -0.2) is 9.78 Å². The van der Waals surface area contributed by atoms with Gasteiger partial charge in [-0.1, -0.05) is 6.07 Å². The van der Waals surface area contributed by atoms with E-state index in [0.29, 0.717) is 6.42 Å². The SMILES string of the molecule is Cc1cc(F)ccc1CC(N)c1ccn(C)n1. The van der Waals surface area contributed by atoms with Crippen LogP contribution in [-0.2, 0) is 13.5 Å². The van der Waals surface area contributed by atoms with E-state index in [2.05, 4.69) is 5.10 Å². The van der Waals surface area contributed by atoms with Crippen molar-refractivity contribution in [2.45, 2.75) is 19.4 Å². The molecule has 1 aromatic heterocycles. The zero-order valence-corrected chi connectivity index (χ0v) is 10.0. The molecule has 2 N–H and O–H groups in total. The van der Waals surface area contributed by atoms with Crippen LogP contribution >= 0.6 is 0 Å². The number of hydrogen-bond donors (Lipinski definition) is 1. The van der Waals surface area contributed by atoms with Gasteiger partial charge in [-0.05, 0) is 42.7 Å². The molecule has 90 valence electrons. The third kappa shape index (κ3) is 2.71. The van der Waals surface area contributed by atoms with Crippen LogP contribution in [0.4, 0.5) is 4.39 Å². The highest BCUT2D eigenvalue weighted by molar-refractivity contribution is 5.28. The molecule has 1 heterocycles. The molecule has 0 saturated heterocycles. The highest BCUT2D eigenvalue weighted by Crippen LogP contribution is 2.17. The molecule has 17 heavy (non-hydrogen) atoms. The van der Waals surface area contributed by atoms with Crippen molar-refractivity contribution in [2.24, 2.45) is 12.8 Å². The lowest BCUT2D eigenvalue weighted by molar-refractivity contribution is 0.621. The van der Waals surface area contributed by atoms with Crippen LogP contribution in [0.25, 0.3) is 0 Å². The van der Waals surface area contributed by atoms with Crippen LogP contribution in [0.3, 0.4) is 0 Å². The van der Waals surface area contributed by atoms with Crippen molar-refractivity contribution in [3.05, 3.63) is 53.1 Å². The Bertz CT molecular complexity index is 519. The molecule has 0 bridgehead atoms. The molecule has 0 aliphatic rings. The predicted octanol–water partition coefficient (Wildman–Crippen LogP) is 2.11. The summed E-state index contributed by atoms with van der Waals surface area (Å²) < 4.78 is 14.7. The molecule has 0 radical (unpaired) electrons. The zero-order chi connectivity index (χ0) is 12.4. The normalized spacial score (nSPS) is 12.7. The van der Waals surface area contributed by atoms with Crippen molar-refractivity contribution in [2.75, 3.05) is 0 Å². The number of nitrogens with zero attached hydrogens (tertiary/aromatic N) is 2. The second-order valence-electron chi connectivity index (χ2n) is 4.30. The van der Waals surface area contributed by atoms with Gasteiger partial charge in [0.15, 0.2) is 0 Å². The number of rotatable bonds is 3. The van der Waals surface area contributed by atoms with Gasteiger partial charge in [-0.3, -0.25) is 4.68 Å². The standard InChI is InChI=1S/C13H16FN3/c1-9-7-11(14)4-3-10(9)8-12(15)13-5-6-17(2)16-13/h3-7,12H,8,15H2,1-2H3. The van der Waals surface area contributed by atoms with Crippen LogP contribution in [0.2, 0.25) is 0 Å². The van der Waals surface area contributed by atoms with Crippen LogP contribution < -0.4 is 5.73 Å². The second kappa shape index (κ2) is 4.67. The van der Waals surface area contributed by atoms with E-state index in [1.54, 1.807) is 10.7 Å². The van der Waals surface area contributed by atoms with Gasteiger partial charge in [-0.2, -0.15) is 5.10 Å². The van der Waals surface area contributed by atoms with Crippen LogP contribution in [0.15, 0.2) is 30.5 Å².